The van der Waals surface area contributed by atoms with Crippen molar-refractivity contribution < 1.29 is 23.5 Å². The number of halogens is 1. The minimum atomic E-state index is -0.592. The number of nitrogens with two attached hydrogens (primary N) is 1. The second-order valence-corrected chi connectivity index (χ2v) is 7.72. The number of benzene rings is 2. The predicted molar refractivity (Wildman–Crippen MR) is 134 cm³/mol. The molecule has 0 spiro atoms. The zero-order chi connectivity index (χ0) is 26.4. The molecule has 0 aliphatic heterocycles. The number of fused-ring (bicyclic) bond motifs is 1. The van der Waals surface area contributed by atoms with E-state index < -0.39 is 11.7 Å². The first-order valence-electron chi connectivity index (χ1n) is 11.0. The van der Waals surface area contributed by atoms with Crippen LogP contribution in [0, 0.1) is 12.7 Å². The van der Waals surface area contributed by atoms with Gasteiger partial charge in [-0.25, -0.2) is 14.4 Å². The van der Waals surface area contributed by atoms with Gasteiger partial charge in [-0.3, -0.25) is 9.59 Å². The summed E-state index contributed by atoms with van der Waals surface area (Å²) >= 11 is 0. The average molecular weight is 500 g/mol. The van der Waals surface area contributed by atoms with Gasteiger partial charge in [-0.1, -0.05) is 18.2 Å². The van der Waals surface area contributed by atoms with Gasteiger partial charge in [0, 0.05) is 23.4 Å². The number of aldehydes is 1. The van der Waals surface area contributed by atoms with E-state index in [0.29, 0.717) is 40.4 Å². The maximum absolute atomic E-state index is 13.5. The van der Waals surface area contributed by atoms with Crippen molar-refractivity contribution in [3.63, 3.8) is 0 Å². The molecule has 3 heterocycles. The summed E-state index contributed by atoms with van der Waals surface area (Å²) in [5.41, 5.74) is 8.53. The molecule has 0 bridgehead atoms. The molecule has 1 amide bonds. The Bertz CT molecular complexity index is 1580. The number of methoxy groups -OCH3 is 1. The number of pyridine rings is 1. The molecule has 0 atom stereocenters. The third-order valence-corrected chi connectivity index (χ3v) is 5.16. The standard InChI is InChI=1S/C14H12N2O3.C13H10FN3O/c1-19-13-6-5-9(7-10(13)8-17)11-3-2-4-12(16-11)14(15)18;1-9-8-13(17-12(16-9)6-7-15-17)18-11-5-3-2-4-10(11)14/h2-8H,1H3,(H2,15,18);2-8H,1H3. The summed E-state index contributed by atoms with van der Waals surface area (Å²) in [6.45, 7) is 1.85. The van der Waals surface area contributed by atoms with Gasteiger partial charge < -0.3 is 15.2 Å². The summed E-state index contributed by atoms with van der Waals surface area (Å²) < 4.78 is 25.7. The van der Waals surface area contributed by atoms with Crippen molar-refractivity contribution in [1.29, 1.82) is 0 Å². The topological polar surface area (TPSA) is 122 Å². The summed E-state index contributed by atoms with van der Waals surface area (Å²) in [6, 6.07) is 19.8. The number of carbonyl (C=O) groups excluding carboxylic acids is 2. The number of rotatable bonds is 6. The summed E-state index contributed by atoms with van der Waals surface area (Å²) in [5.74, 6) is 0.0931. The van der Waals surface area contributed by atoms with Gasteiger partial charge >= 0.3 is 0 Å². The van der Waals surface area contributed by atoms with Crippen molar-refractivity contribution in [2.24, 2.45) is 5.73 Å². The lowest BCUT2D eigenvalue weighted by Gasteiger charge is -2.08. The van der Waals surface area contributed by atoms with Gasteiger partial charge in [0.15, 0.2) is 23.5 Å². The van der Waals surface area contributed by atoms with Gasteiger partial charge in [-0.2, -0.15) is 9.61 Å². The molecule has 0 aliphatic rings. The maximum Gasteiger partial charge on any atom is 0.267 e. The second-order valence-electron chi connectivity index (χ2n) is 7.72. The molecule has 5 aromatic rings. The molecule has 0 fully saturated rings. The van der Waals surface area contributed by atoms with Crippen LogP contribution in [0.25, 0.3) is 16.9 Å². The van der Waals surface area contributed by atoms with Crippen LogP contribution in [0.2, 0.25) is 0 Å². The van der Waals surface area contributed by atoms with Crippen LogP contribution < -0.4 is 15.2 Å². The fraction of sp³-hybridized carbons (Fsp3) is 0.0741. The van der Waals surface area contributed by atoms with Crippen LogP contribution >= 0.6 is 0 Å². The number of amides is 1. The van der Waals surface area contributed by atoms with Gasteiger partial charge in [0.1, 0.15) is 11.4 Å². The Morgan fingerprint density at radius 3 is 2.54 bits per heavy atom. The molecule has 37 heavy (non-hydrogen) atoms. The van der Waals surface area contributed by atoms with Gasteiger partial charge in [-0.05, 0) is 49.4 Å². The number of aryl methyl sites for hydroxylation is 1. The first-order chi connectivity index (χ1) is 17.9. The first kappa shape index (κ1) is 25.0. The number of carbonyl (C=O) groups is 2. The Morgan fingerprint density at radius 1 is 1.00 bits per heavy atom. The smallest absolute Gasteiger partial charge is 0.267 e. The third-order valence-electron chi connectivity index (χ3n) is 5.16. The lowest BCUT2D eigenvalue weighted by molar-refractivity contribution is 0.0995. The normalized spacial score (nSPS) is 10.4. The third kappa shape index (κ3) is 5.76. The highest BCUT2D eigenvalue weighted by molar-refractivity contribution is 5.91. The Hall–Kier alpha value is -5.12. The van der Waals surface area contributed by atoms with Crippen molar-refractivity contribution in [2.45, 2.75) is 6.92 Å². The molecule has 0 saturated carbocycles. The van der Waals surface area contributed by atoms with Crippen molar-refractivity contribution >= 4 is 17.8 Å². The van der Waals surface area contributed by atoms with Crippen LogP contribution in [-0.2, 0) is 0 Å². The lowest BCUT2D eigenvalue weighted by Crippen LogP contribution is -2.13. The highest BCUT2D eigenvalue weighted by Gasteiger charge is 2.10. The van der Waals surface area contributed by atoms with E-state index in [2.05, 4.69) is 15.1 Å². The zero-order valence-electron chi connectivity index (χ0n) is 20.0. The molecular weight excluding hydrogens is 477 g/mol. The molecule has 0 aliphatic carbocycles. The predicted octanol–water partition coefficient (Wildman–Crippen LogP) is 4.64. The summed E-state index contributed by atoms with van der Waals surface area (Å²) in [6.07, 6.45) is 2.33. The monoisotopic (exact) mass is 499 g/mol. The minimum absolute atomic E-state index is 0.167. The van der Waals surface area contributed by atoms with E-state index in [1.165, 1.54) is 23.8 Å². The summed E-state index contributed by atoms with van der Waals surface area (Å²) in [7, 11) is 1.49. The molecule has 9 nitrogen and oxygen atoms in total. The van der Waals surface area contributed by atoms with E-state index in [1.807, 2.05) is 6.92 Å². The highest BCUT2D eigenvalue weighted by Crippen LogP contribution is 2.25. The number of para-hydroxylation sites is 1. The van der Waals surface area contributed by atoms with Gasteiger partial charge in [0.2, 0.25) is 5.88 Å². The Labute approximate surface area is 211 Å². The Balaban J connectivity index is 0.000000173. The van der Waals surface area contributed by atoms with Gasteiger partial charge in [-0.15, -0.1) is 0 Å². The van der Waals surface area contributed by atoms with Crippen LogP contribution in [0.4, 0.5) is 4.39 Å². The largest absolute Gasteiger partial charge is 0.496 e. The molecule has 5 rings (SSSR count). The average Bonchev–Trinajstić information content (AvgIpc) is 3.38. The van der Waals surface area contributed by atoms with E-state index in [0.717, 1.165) is 5.69 Å². The molecule has 186 valence electrons. The maximum atomic E-state index is 13.5. The Kier molecular flexibility index (Phi) is 7.48. The number of hydrogen-bond donors (Lipinski definition) is 1. The van der Waals surface area contributed by atoms with E-state index in [-0.39, 0.29) is 11.4 Å². The summed E-state index contributed by atoms with van der Waals surface area (Å²) in [5, 5.41) is 4.09. The molecule has 0 saturated heterocycles. The first-order valence-corrected chi connectivity index (χ1v) is 11.0. The molecule has 10 heteroatoms. The van der Waals surface area contributed by atoms with E-state index >= 15 is 0 Å². The van der Waals surface area contributed by atoms with E-state index in [1.54, 1.807) is 66.9 Å². The minimum Gasteiger partial charge on any atom is -0.496 e. The molecule has 3 aromatic heterocycles. The number of primary amides is 1. The fourth-order valence-electron chi connectivity index (χ4n) is 3.43. The number of ether oxygens (including phenoxy) is 2. The molecule has 0 radical (unpaired) electrons. The summed E-state index contributed by atoms with van der Waals surface area (Å²) in [4.78, 5) is 30.5. The molecule has 2 N–H and O–H groups in total. The zero-order valence-corrected chi connectivity index (χ0v) is 20.0. The SMILES string of the molecule is COc1ccc(-c2cccc(C(N)=O)n2)cc1C=O.Cc1cc(Oc2ccccc2F)n2nccc2n1. The van der Waals surface area contributed by atoms with Gasteiger partial charge in [0.05, 0.1) is 24.6 Å². The number of aromatic nitrogens is 4. The van der Waals surface area contributed by atoms with Crippen LogP contribution in [0.15, 0.2) is 79.0 Å². The van der Waals surface area contributed by atoms with Crippen LogP contribution in [0.3, 0.4) is 0 Å². The molecular formula is C27H22FN5O4. The van der Waals surface area contributed by atoms with E-state index in [9.17, 15) is 14.0 Å². The van der Waals surface area contributed by atoms with Crippen molar-refractivity contribution in [2.75, 3.05) is 7.11 Å². The lowest BCUT2D eigenvalue weighted by atomic mass is 10.1. The molecule has 2 aromatic carbocycles. The molecule has 0 unspecified atom stereocenters. The van der Waals surface area contributed by atoms with Crippen LogP contribution in [0.5, 0.6) is 17.4 Å². The van der Waals surface area contributed by atoms with Crippen LogP contribution in [0.1, 0.15) is 26.5 Å². The van der Waals surface area contributed by atoms with E-state index in [4.69, 9.17) is 15.2 Å². The number of nitrogens with zero attached hydrogens (tertiary/aromatic N) is 4. The van der Waals surface area contributed by atoms with Crippen LogP contribution in [-0.4, -0.2) is 38.9 Å². The van der Waals surface area contributed by atoms with Crippen molar-refractivity contribution in [3.05, 3.63) is 102 Å². The fourth-order valence-corrected chi connectivity index (χ4v) is 3.43. The highest BCUT2D eigenvalue weighted by atomic mass is 19.1. The second kappa shape index (κ2) is 11.1. The quantitative estimate of drug-likeness (QED) is 0.338. The Morgan fingerprint density at radius 2 is 1.81 bits per heavy atom. The van der Waals surface area contributed by atoms with Crippen molar-refractivity contribution in [1.82, 2.24) is 19.6 Å². The van der Waals surface area contributed by atoms with Crippen molar-refractivity contribution in [3.8, 4) is 28.6 Å². The van der Waals surface area contributed by atoms with Gasteiger partial charge in [0.25, 0.3) is 5.91 Å². The number of hydrogen-bond acceptors (Lipinski definition) is 7.